The van der Waals surface area contributed by atoms with Crippen molar-refractivity contribution in [3.8, 4) is 0 Å². The molecule has 0 amide bonds. The largest absolute Gasteiger partial charge is 0.418 e. The van der Waals surface area contributed by atoms with Crippen LogP contribution in [0.1, 0.15) is 12.5 Å². The fourth-order valence-electron chi connectivity index (χ4n) is 2.85. The summed E-state index contributed by atoms with van der Waals surface area (Å²) in [5.41, 5.74) is 6.08. The first kappa shape index (κ1) is 14.1. The van der Waals surface area contributed by atoms with Gasteiger partial charge in [-0.25, -0.2) is 0 Å². The molecule has 21 heavy (non-hydrogen) atoms. The van der Waals surface area contributed by atoms with Crippen molar-refractivity contribution in [1.29, 1.82) is 0 Å². The maximum Gasteiger partial charge on any atom is 0.418 e. The number of hydrogen-bond donors (Lipinski definition) is 1. The average molecular weight is 295 g/mol. The number of halogens is 3. The molecule has 1 aliphatic heterocycles. The van der Waals surface area contributed by atoms with Crippen LogP contribution in [-0.2, 0) is 6.18 Å². The topological polar surface area (TPSA) is 42.2 Å². The van der Waals surface area contributed by atoms with Gasteiger partial charge in [0.05, 0.1) is 11.1 Å². The summed E-state index contributed by atoms with van der Waals surface area (Å²) in [5, 5.41) is 0.522. The lowest BCUT2D eigenvalue weighted by molar-refractivity contribution is -0.136. The fourth-order valence-corrected chi connectivity index (χ4v) is 2.85. The zero-order valence-electron chi connectivity index (χ0n) is 11.6. The molecule has 1 aliphatic rings. The second-order valence-electron chi connectivity index (χ2n) is 5.58. The Morgan fingerprint density at radius 3 is 2.62 bits per heavy atom. The van der Waals surface area contributed by atoms with E-state index >= 15 is 0 Å². The predicted octanol–water partition coefficient (Wildman–Crippen LogP) is 3.04. The van der Waals surface area contributed by atoms with E-state index in [0.717, 1.165) is 18.3 Å². The van der Waals surface area contributed by atoms with Crippen LogP contribution in [0.15, 0.2) is 30.5 Å². The van der Waals surface area contributed by atoms with Crippen molar-refractivity contribution in [2.75, 3.05) is 18.0 Å². The van der Waals surface area contributed by atoms with Crippen LogP contribution in [0, 0.1) is 5.92 Å². The third kappa shape index (κ3) is 2.44. The Morgan fingerprint density at radius 2 is 2.00 bits per heavy atom. The third-order valence-electron chi connectivity index (χ3n) is 4.06. The smallest absolute Gasteiger partial charge is 0.369 e. The van der Waals surface area contributed by atoms with Gasteiger partial charge < -0.3 is 10.6 Å². The Hall–Kier alpha value is -1.82. The highest BCUT2D eigenvalue weighted by Crippen LogP contribution is 2.38. The molecule has 1 aromatic carbocycles. The van der Waals surface area contributed by atoms with Crippen molar-refractivity contribution in [2.24, 2.45) is 11.7 Å². The molecule has 0 spiro atoms. The predicted molar refractivity (Wildman–Crippen MR) is 76.1 cm³/mol. The average Bonchev–Trinajstić information content (AvgIpc) is 2.76. The zero-order valence-corrected chi connectivity index (χ0v) is 11.6. The summed E-state index contributed by atoms with van der Waals surface area (Å²) in [7, 11) is 0. The number of alkyl halides is 3. The van der Waals surface area contributed by atoms with Gasteiger partial charge >= 0.3 is 6.18 Å². The summed E-state index contributed by atoms with van der Waals surface area (Å²) in [4.78, 5) is 5.98. The Morgan fingerprint density at radius 1 is 1.24 bits per heavy atom. The van der Waals surface area contributed by atoms with Crippen LogP contribution >= 0.6 is 0 Å². The molecule has 2 aromatic rings. The molecular formula is C15H16F3N3. The molecule has 1 saturated heterocycles. The summed E-state index contributed by atoms with van der Waals surface area (Å²) in [6.07, 6.45) is -3.01. The molecule has 3 nitrogen and oxygen atoms in total. The molecule has 3 rings (SSSR count). The maximum atomic E-state index is 13.1. The summed E-state index contributed by atoms with van der Waals surface area (Å²) in [5.74, 6) is 0.319. The third-order valence-corrected chi connectivity index (χ3v) is 4.06. The van der Waals surface area contributed by atoms with Gasteiger partial charge in [0.1, 0.15) is 0 Å². The van der Waals surface area contributed by atoms with Crippen LogP contribution < -0.4 is 10.6 Å². The molecule has 2 heterocycles. The number of rotatable bonds is 1. The number of anilines is 1. The lowest BCUT2D eigenvalue weighted by Gasteiger charge is -2.21. The van der Waals surface area contributed by atoms with Gasteiger partial charge in [-0.3, -0.25) is 4.98 Å². The van der Waals surface area contributed by atoms with Crippen molar-refractivity contribution in [3.63, 3.8) is 0 Å². The van der Waals surface area contributed by atoms with Crippen LogP contribution in [0.2, 0.25) is 0 Å². The Bertz CT molecular complexity index is 659. The van der Waals surface area contributed by atoms with Crippen molar-refractivity contribution in [2.45, 2.75) is 19.1 Å². The molecule has 2 N–H and O–H groups in total. The SMILES string of the molecule is CC1CN(c2ccc(C(F)(F)F)c3ncccc23)CC1N. The van der Waals surface area contributed by atoms with Gasteiger partial charge in [-0.2, -0.15) is 13.2 Å². The van der Waals surface area contributed by atoms with Crippen molar-refractivity contribution < 1.29 is 13.2 Å². The van der Waals surface area contributed by atoms with Crippen molar-refractivity contribution in [1.82, 2.24) is 4.98 Å². The Balaban J connectivity index is 2.14. The van der Waals surface area contributed by atoms with E-state index in [1.165, 1.54) is 12.3 Å². The van der Waals surface area contributed by atoms with Gasteiger partial charge in [-0.05, 0) is 30.2 Å². The van der Waals surface area contributed by atoms with E-state index in [4.69, 9.17) is 5.73 Å². The van der Waals surface area contributed by atoms with Gasteiger partial charge in [-0.1, -0.05) is 6.92 Å². The van der Waals surface area contributed by atoms with E-state index in [-0.39, 0.29) is 11.6 Å². The Labute approximate surface area is 120 Å². The minimum absolute atomic E-state index is 0.00405. The summed E-state index contributed by atoms with van der Waals surface area (Å²) in [6, 6.07) is 6.02. The molecule has 1 aromatic heterocycles. The first-order valence-electron chi connectivity index (χ1n) is 6.83. The molecule has 2 atom stereocenters. The molecule has 112 valence electrons. The molecular weight excluding hydrogens is 279 g/mol. The van der Waals surface area contributed by atoms with Gasteiger partial charge in [0.15, 0.2) is 0 Å². The van der Waals surface area contributed by atoms with Crippen LogP contribution in [-0.4, -0.2) is 24.1 Å². The molecule has 6 heteroatoms. The van der Waals surface area contributed by atoms with Gasteiger partial charge in [0.2, 0.25) is 0 Å². The van der Waals surface area contributed by atoms with Crippen LogP contribution in [0.5, 0.6) is 0 Å². The molecule has 2 unspecified atom stereocenters. The first-order chi connectivity index (χ1) is 9.88. The van der Waals surface area contributed by atoms with E-state index in [2.05, 4.69) is 11.9 Å². The number of aromatic nitrogens is 1. The van der Waals surface area contributed by atoms with Crippen molar-refractivity contribution >= 4 is 16.6 Å². The lowest BCUT2D eigenvalue weighted by atomic mass is 10.1. The van der Waals surface area contributed by atoms with E-state index < -0.39 is 11.7 Å². The fraction of sp³-hybridized carbons (Fsp3) is 0.400. The summed E-state index contributed by atoms with van der Waals surface area (Å²) >= 11 is 0. The minimum atomic E-state index is -4.40. The minimum Gasteiger partial charge on any atom is -0.369 e. The van der Waals surface area contributed by atoms with E-state index in [1.54, 1.807) is 12.1 Å². The lowest BCUT2D eigenvalue weighted by Crippen LogP contribution is -2.28. The molecule has 1 fully saturated rings. The number of nitrogens with two attached hydrogens (primary N) is 1. The highest BCUT2D eigenvalue weighted by atomic mass is 19.4. The second kappa shape index (κ2) is 4.87. The maximum absolute atomic E-state index is 13.1. The number of fused-ring (bicyclic) bond motifs is 1. The van der Waals surface area contributed by atoms with E-state index in [9.17, 15) is 13.2 Å². The highest BCUT2D eigenvalue weighted by molar-refractivity contribution is 5.94. The molecule has 0 saturated carbocycles. The number of nitrogens with zero attached hydrogens (tertiary/aromatic N) is 2. The van der Waals surface area contributed by atoms with Gasteiger partial charge in [-0.15, -0.1) is 0 Å². The Kier molecular flexibility index (Phi) is 3.28. The van der Waals surface area contributed by atoms with Crippen LogP contribution in [0.3, 0.4) is 0 Å². The quantitative estimate of drug-likeness (QED) is 0.879. The second-order valence-corrected chi connectivity index (χ2v) is 5.58. The zero-order chi connectivity index (χ0) is 15.2. The number of pyridine rings is 1. The van der Waals surface area contributed by atoms with Crippen LogP contribution in [0.25, 0.3) is 10.9 Å². The summed E-state index contributed by atoms with van der Waals surface area (Å²) in [6.45, 7) is 3.45. The van der Waals surface area contributed by atoms with Gasteiger partial charge in [0.25, 0.3) is 0 Å². The van der Waals surface area contributed by atoms with E-state index in [0.29, 0.717) is 17.8 Å². The summed E-state index contributed by atoms with van der Waals surface area (Å²) < 4.78 is 39.2. The number of benzene rings is 1. The first-order valence-corrected chi connectivity index (χ1v) is 6.83. The molecule has 0 aliphatic carbocycles. The number of hydrogen-bond acceptors (Lipinski definition) is 3. The highest BCUT2D eigenvalue weighted by Gasteiger charge is 2.35. The molecule has 0 radical (unpaired) electrons. The standard InChI is InChI=1S/C15H16F3N3/c1-9-7-21(8-12(9)19)13-5-4-11(15(16,17)18)14-10(13)3-2-6-20-14/h2-6,9,12H,7-8,19H2,1H3. The van der Waals surface area contributed by atoms with Gasteiger partial charge in [0, 0.05) is 36.4 Å². The molecule has 0 bridgehead atoms. The van der Waals surface area contributed by atoms with E-state index in [1.807, 2.05) is 4.90 Å². The normalized spacial score (nSPS) is 23.0. The van der Waals surface area contributed by atoms with Crippen LogP contribution in [0.4, 0.5) is 18.9 Å². The monoisotopic (exact) mass is 295 g/mol. The van der Waals surface area contributed by atoms with Crippen molar-refractivity contribution in [3.05, 3.63) is 36.0 Å².